The Morgan fingerprint density at radius 1 is 0.921 bits per heavy atom. The van der Waals surface area contributed by atoms with Crippen LogP contribution in [0.5, 0.6) is 0 Å². The highest BCUT2D eigenvalue weighted by molar-refractivity contribution is 6.02. The molecule has 0 radical (unpaired) electrons. The molecule has 0 atom stereocenters. The van der Waals surface area contributed by atoms with Crippen LogP contribution in [-0.4, -0.2) is 35.9 Å². The van der Waals surface area contributed by atoms with E-state index in [1.54, 1.807) is 36.4 Å². The maximum atomic E-state index is 12.6. The first-order valence-electron chi connectivity index (χ1n) is 11.7. The number of rotatable bonds is 10. The Morgan fingerprint density at radius 3 is 2.16 bits per heavy atom. The second-order valence-corrected chi connectivity index (χ2v) is 8.10. The summed E-state index contributed by atoms with van der Waals surface area (Å²) in [5, 5.41) is 39.8. The van der Waals surface area contributed by atoms with E-state index in [9.17, 15) is 9.59 Å². The van der Waals surface area contributed by atoms with Gasteiger partial charge >= 0.3 is 5.97 Å². The fraction of sp³-hybridized carbons (Fsp3) is 0.179. The van der Waals surface area contributed by atoms with Gasteiger partial charge in [-0.05, 0) is 67.1 Å². The SMILES string of the molecule is Cc1cc(N(CCC#N)CCC#N)ccc1/C(N=Nc1ccc(C(=O)O)cc1)=N/NC(=O)c1ccccc1. The van der Waals surface area contributed by atoms with Gasteiger partial charge in [-0.2, -0.15) is 10.5 Å². The van der Waals surface area contributed by atoms with Crippen LogP contribution in [0.3, 0.4) is 0 Å². The van der Waals surface area contributed by atoms with Crippen molar-refractivity contribution in [3.05, 3.63) is 95.1 Å². The molecule has 3 aromatic carbocycles. The second kappa shape index (κ2) is 13.7. The number of aromatic carboxylic acids is 1. The largest absolute Gasteiger partial charge is 0.478 e. The number of aryl methyl sites for hydroxylation is 1. The zero-order chi connectivity index (χ0) is 27.3. The molecule has 0 saturated carbocycles. The zero-order valence-electron chi connectivity index (χ0n) is 20.7. The van der Waals surface area contributed by atoms with Crippen LogP contribution in [-0.2, 0) is 0 Å². The third kappa shape index (κ3) is 7.57. The Balaban J connectivity index is 1.94. The average Bonchev–Trinajstić information content (AvgIpc) is 2.94. The van der Waals surface area contributed by atoms with Crippen molar-refractivity contribution in [3.63, 3.8) is 0 Å². The number of carboxylic acid groups (broad SMARTS) is 1. The predicted molar refractivity (Wildman–Crippen MR) is 142 cm³/mol. The number of azo groups is 1. The fourth-order valence-electron chi connectivity index (χ4n) is 3.51. The molecular weight excluding hydrogens is 482 g/mol. The molecular formula is C28H25N7O3. The van der Waals surface area contributed by atoms with Crippen molar-refractivity contribution >= 4 is 29.1 Å². The lowest BCUT2D eigenvalue weighted by atomic mass is 10.1. The van der Waals surface area contributed by atoms with E-state index in [2.05, 4.69) is 32.9 Å². The van der Waals surface area contributed by atoms with Crippen molar-refractivity contribution in [1.82, 2.24) is 5.43 Å². The first kappa shape index (κ1) is 27.2. The van der Waals surface area contributed by atoms with Crippen LogP contribution in [0.4, 0.5) is 11.4 Å². The topological polar surface area (TPSA) is 154 Å². The van der Waals surface area contributed by atoms with E-state index in [0.29, 0.717) is 42.7 Å². The number of nitrogens with one attached hydrogen (secondary N) is 1. The molecule has 38 heavy (non-hydrogen) atoms. The molecule has 0 heterocycles. The standard InChI is InChI=1S/C28H25N7O3/c1-20-19-24(35(17-5-15-29)18-6-16-30)13-14-25(20)26(33-34-27(36)21-7-3-2-4-8-21)32-31-23-11-9-22(10-12-23)28(37)38/h2-4,7-14,19H,5-6,17-18H2,1H3,(H,34,36)(H,37,38)/b32-31?,33-26-. The molecule has 0 aromatic heterocycles. The lowest BCUT2D eigenvalue weighted by Crippen LogP contribution is -2.25. The molecule has 2 N–H and O–H groups in total. The molecule has 0 aliphatic rings. The predicted octanol–water partition coefficient (Wildman–Crippen LogP) is 5.20. The van der Waals surface area contributed by atoms with Gasteiger partial charge in [-0.25, -0.2) is 10.2 Å². The molecule has 0 spiro atoms. The highest BCUT2D eigenvalue weighted by Crippen LogP contribution is 2.22. The maximum absolute atomic E-state index is 12.6. The summed E-state index contributed by atoms with van der Waals surface area (Å²) in [6.07, 6.45) is 0.638. The van der Waals surface area contributed by atoms with Crippen LogP contribution in [0.1, 0.15) is 44.7 Å². The molecule has 0 bridgehead atoms. The summed E-state index contributed by atoms with van der Waals surface area (Å²) in [6.45, 7) is 2.82. The molecule has 0 unspecified atom stereocenters. The Hall–Kier alpha value is -5.35. The lowest BCUT2D eigenvalue weighted by molar-refractivity contribution is 0.0696. The third-order valence-electron chi connectivity index (χ3n) is 5.48. The summed E-state index contributed by atoms with van der Waals surface area (Å²) < 4.78 is 0. The highest BCUT2D eigenvalue weighted by atomic mass is 16.4. The number of carboxylic acids is 1. The van der Waals surface area contributed by atoms with Gasteiger partial charge in [0.2, 0.25) is 5.84 Å². The van der Waals surface area contributed by atoms with Crippen LogP contribution in [0.15, 0.2) is 88.1 Å². The molecule has 0 fully saturated rings. The Morgan fingerprint density at radius 2 is 1.58 bits per heavy atom. The average molecular weight is 508 g/mol. The van der Waals surface area contributed by atoms with Crippen molar-refractivity contribution in [2.45, 2.75) is 19.8 Å². The smallest absolute Gasteiger partial charge is 0.335 e. The van der Waals surface area contributed by atoms with E-state index in [4.69, 9.17) is 15.6 Å². The Labute approximate surface area is 220 Å². The van der Waals surface area contributed by atoms with E-state index < -0.39 is 11.9 Å². The maximum Gasteiger partial charge on any atom is 0.335 e. The fourth-order valence-corrected chi connectivity index (χ4v) is 3.51. The highest BCUT2D eigenvalue weighted by Gasteiger charge is 2.13. The normalized spacial score (nSPS) is 11.0. The van der Waals surface area contributed by atoms with Crippen LogP contribution >= 0.6 is 0 Å². The van der Waals surface area contributed by atoms with Crippen LogP contribution in [0.25, 0.3) is 0 Å². The minimum absolute atomic E-state index is 0.122. The first-order chi connectivity index (χ1) is 18.4. The minimum Gasteiger partial charge on any atom is -0.478 e. The van der Waals surface area contributed by atoms with Crippen LogP contribution < -0.4 is 10.3 Å². The van der Waals surface area contributed by atoms with Crippen LogP contribution in [0.2, 0.25) is 0 Å². The number of hydrazone groups is 1. The first-order valence-corrected chi connectivity index (χ1v) is 11.7. The summed E-state index contributed by atoms with van der Waals surface area (Å²) in [7, 11) is 0. The molecule has 1 amide bonds. The van der Waals surface area contributed by atoms with Gasteiger partial charge in [0, 0.05) is 29.9 Å². The van der Waals surface area contributed by atoms with Gasteiger partial charge in [-0.1, -0.05) is 18.2 Å². The minimum atomic E-state index is -1.05. The van der Waals surface area contributed by atoms with E-state index in [0.717, 1.165) is 11.3 Å². The van der Waals surface area contributed by atoms with Crippen molar-refractivity contribution < 1.29 is 14.7 Å². The van der Waals surface area contributed by atoms with Crippen molar-refractivity contribution in [2.24, 2.45) is 15.3 Å². The summed E-state index contributed by atoms with van der Waals surface area (Å²) in [5.41, 5.74) is 5.70. The number of nitrogens with zero attached hydrogens (tertiary/aromatic N) is 6. The van der Waals surface area contributed by atoms with E-state index in [1.807, 2.05) is 24.0 Å². The van der Waals surface area contributed by atoms with Gasteiger partial charge < -0.3 is 10.0 Å². The molecule has 0 aliphatic heterocycles. The number of hydrogen-bond donors (Lipinski definition) is 2. The summed E-state index contributed by atoms with van der Waals surface area (Å²) in [5.74, 6) is -1.33. The number of amidine groups is 1. The quantitative estimate of drug-likeness (QED) is 0.166. The molecule has 0 saturated heterocycles. The monoisotopic (exact) mass is 507 g/mol. The van der Waals surface area contributed by atoms with E-state index >= 15 is 0 Å². The zero-order valence-corrected chi connectivity index (χ0v) is 20.7. The Bertz CT molecular complexity index is 1400. The van der Waals surface area contributed by atoms with Gasteiger partial charge in [-0.3, -0.25) is 4.79 Å². The number of carbonyl (C=O) groups is 2. The third-order valence-corrected chi connectivity index (χ3v) is 5.48. The molecule has 3 rings (SSSR count). The van der Waals surface area contributed by atoms with Gasteiger partial charge in [0.15, 0.2) is 0 Å². The van der Waals surface area contributed by atoms with Crippen LogP contribution in [0, 0.1) is 29.6 Å². The van der Waals surface area contributed by atoms with Gasteiger partial charge in [-0.15, -0.1) is 15.3 Å². The van der Waals surface area contributed by atoms with Gasteiger partial charge in [0.25, 0.3) is 5.91 Å². The lowest BCUT2D eigenvalue weighted by Gasteiger charge is -2.23. The van der Waals surface area contributed by atoms with Crippen molar-refractivity contribution in [1.29, 1.82) is 10.5 Å². The van der Waals surface area contributed by atoms with Crippen molar-refractivity contribution in [2.75, 3.05) is 18.0 Å². The second-order valence-electron chi connectivity index (χ2n) is 8.10. The van der Waals surface area contributed by atoms with E-state index in [1.165, 1.54) is 24.3 Å². The number of amides is 1. The van der Waals surface area contributed by atoms with Crippen molar-refractivity contribution in [3.8, 4) is 12.1 Å². The molecule has 10 heteroatoms. The Kier molecular flexibility index (Phi) is 9.79. The number of nitriles is 2. The van der Waals surface area contributed by atoms with E-state index in [-0.39, 0.29) is 11.4 Å². The molecule has 10 nitrogen and oxygen atoms in total. The number of hydrogen-bond acceptors (Lipinski definition) is 7. The number of carbonyl (C=O) groups excluding carboxylic acids is 1. The summed E-state index contributed by atoms with van der Waals surface area (Å²) >= 11 is 0. The summed E-state index contributed by atoms with van der Waals surface area (Å²) in [6, 6.07) is 24.3. The number of benzene rings is 3. The molecule has 3 aromatic rings. The van der Waals surface area contributed by atoms with Gasteiger partial charge in [0.1, 0.15) is 0 Å². The summed E-state index contributed by atoms with van der Waals surface area (Å²) in [4.78, 5) is 25.7. The van der Waals surface area contributed by atoms with Gasteiger partial charge in [0.05, 0.1) is 36.2 Å². The molecule has 190 valence electrons. The number of anilines is 1. The molecule has 0 aliphatic carbocycles.